The highest BCUT2D eigenvalue weighted by molar-refractivity contribution is 6.27. The topological polar surface area (TPSA) is 38.7 Å². The highest BCUT2D eigenvalue weighted by Gasteiger charge is 2.20. The van der Waals surface area contributed by atoms with Gasteiger partial charge in [0.2, 0.25) is 0 Å². The quantitative estimate of drug-likeness (QED) is 0.129. The molecule has 252 valence electrons. The van der Waals surface area contributed by atoms with Crippen LogP contribution in [-0.2, 0) is 0 Å². The zero-order valence-corrected chi connectivity index (χ0v) is 29.4. The second kappa shape index (κ2) is 13.4. The lowest BCUT2D eigenvalue weighted by atomic mass is 9.84. The summed E-state index contributed by atoms with van der Waals surface area (Å²) in [5, 5.41) is 7.41. The molecule has 1 heterocycles. The van der Waals surface area contributed by atoms with Gasteiger partial charge in [0.05, 0.1) is 0 Å². The number of nitrogens with zero attached hydrogens (tertiary/aromatic N) is 3. The van der Waals surface area contributed by atoms with Gasteiger partial charge in [0.1, 0.15) is 0 Å². The second-order valence-corrected chi connectivity index (χ2v) is 13.5. The fourth-order valence-electron chi connectivity index (χ4n) is 7.84. The van der Waals surface area contributed by atoms with Crippen molar-refractivity contribution in [1.82, 2.24) is 15.0 Å². The second-order valence-electron chi connectivity index (χ2n) is 13.5. The molecule has 0 unspecified atom stereocenters. The van der Waals surface area contributed by atoms with Gasteiger partial charge < -0.3 is 0 Å². The van der Waals surface area contributed by atoms with E-state index in [1.54, 1.807) is 0 Å². The zero-order valence-electron chi connectivity index (χ0n) is 29.4. The minimum atomic E-state index is 0.632. The van der Waals surface area contributed by atoms with Gasteiger partial charge >= 0.3 is 0 Å². The number of benzene rings is 9. The van der Waals surface area contributed by atoms with E-state index in [-0.39, 0.29) is 0 Å². The Kier molecular flexibility index (Phi) is 7.81. The minimum absolute atomic E-state index is 0.632. The van der Waals surface area contributed by atoms with Crippen LogP contribution in [0.1, 0.15) is 0 Å². The SMILES string of the molecule is c1ccc(-c2nc(-c3ccc(-c4c5ccccc5c(-c5ccccc5)c5ccc6ccccc6c45)cc3)nc(-c3ccccc3-c3ccccc3)n2)cc1. The zero-order chi connectivity index (χ0) is 35.8. The Morgan fingerprint density at radius 3 is 1.35 bits per heavy atom. The van der Waals surface area contributed by atoms with Crippen molar-refractivity contribution in [3.63, 3.8) is 0 Å². The summed E-state index contributed by atoms with van der Waals surface area (Å²) >= 11 is 0. The largest absolute Gasteiger partial charge is 0.208 e. The average Bonchev–Trinajstić information content (AvgIpc) is 3.26. The molecule has 0 aliphatic carbocycles. The van der Waals surface area contributed by atoms with E-state index in [1.807, 2.05) is 30.3 Å². The van der Waals surface area contributed by atoms with E-state index in [9.17, 15) is 0 Å². The monoisotopic (exact) mass is 687 g/mol. The molecule has 0 saturated carbocycles. The molecule has 0 aliphatic heterocycles. The molecular formula is C51H33N3. The number of hydrogen-bond donors (Lipinski definition) is 0. The highest BCUT2D eigenvalue weighted by atomic mass is 15.0. The first-order chi connectivity index (χ1) is 26.8. The first kappa shape index (κ1) is 31.5. The first-order valence-corrected chi connectivity index (χ1v) is 18.3. The van der Waals surface area contributed by atoms with Crippen molar-refractivity contribution in [2.75, 3.05) is 0 Å². The predicted molar refractivity (Wildman–Crippen MR) is 225 cm³/mol. The fourth-order valence-corrected chi connectivity index (χ4v) is 7.84. The van der Waals surface area contributed by atoms with Gasteiger partial charge in [-0.1, -0.05) is 200 Å². The van der Waals surface area contributed by atoms with Crippen LogP contribution in [0.3, 0.4) is 0 Å². The van der Waals surface area contributed by atoms with Gasteiger partial charge in [0, 0.05) is 16.7 Å². The van der Waals surface area contributed by atoms with E-state index in [0.717, 1.165) is 33.4 Å². The van der Waals surface area contributed by atoms with Gasteiger partial charge in [-0.25, -0.2) is 15.0 Å². The summed E-state index contributed by atoms with van der Waals surface area (Å²) in [6.07, 6.45) is 0. The van der Waals surface area contributed by atoms with E-state index < -0.39 is 0 Å². The molecule has 0 atom stereocenters. The molecule has 0 radical (unpaired) electrons. The summed E-state index contributed by atoms with van der Waals surface area (Å²) in [7, 11) is 0. The Morgan fingerprint density at radius 2 is 0.685 bits per heavy atom. The summed E-state index contributed by atoms with van der Waals surface area (Å²) in [5.41, 5.74) is 9.86. The van der Waals surface area contributed by atoms with Crippen LogP contribution in [0.15, 0.2) is 200 Å². The molecule has 3 nitrogen and oxygen atoms in total. The molecule has 0 spiro atoms. The van der Waals surface area contributed by atoms with Gasteiger partial charge in [-0.05, 0) is 65.7 Å². The molecule has 54 heavy (non-hydrogen) atoms. The smallest absolute Gasteiger partial charge is 0.164 e. The van der Waals surface area contributed by atoms with Crippen LogP contribution in [0.25, 0.3) is 99.9 Å². The lowest BCUT2D eigenvalue weighted by molar-refractivity contribution is 1.07. The van der Waals surface area contributed by atoms with Crippen LogP contribution < -0.4 is 0 Å². The van der Waals surface area contributed by atoms with Crippen LogP contribution in [0.4, 0.5) is 0 Å². The molecule has 0 bridgehead atoms. The molecular weight excluding hydrogens is 655 g/mol. The third-order valence-corrected chi connectivity index (χ3v) is 10.3. The van der Waals surface area contributed by atoms with E-state index in [0.29, 0.717) is 17.5 Å². The fraction of sp³-hybridized carbons (Fsp3) is 0. The Hall–Kier alpha value is -7.23. The van der Waals surface area contributed by atoms with E-state index in [2.05, 4.69) is 170 Å². The molecule has 0 amide bonds. The molecule has 1 aromatic heterocycles. The lowest BCUT2D eigenvalue weighted by Gasteiger charge is -2.19. The number of aromatic nitrogens is 3. The van der Waals surface area contributed by atoms with Crippen LogP contribution in [0.2, 0.25) is 0 Å². The predicted octanol–water partition coefficient (Wildman–Crippen LogP) is 13.3. The van der Waals surface area contributed by atoms with Crippen molar-refractivity contribution in [2.45, 2.75) is 0 Å². The standard InChI is InChI=1S/C51H33N3/c1-4-16-34(17-5-1)40-23-12-15-27-44(40)51-53-49(38-21-8-3-9-22-38)52-50(54-51)39-30-28-37(29-31-39)47-43-26-14-13-25-42(43)46(36-19-6-2-7-20-36)45-33-32-35-18-10-11-24-41(35)48(45)47/h1-33H. The average molecular weight is 688 g/mol. The lowest BCUT2D eigenvalue weighted by Crippen LogP contribution is -2.01. The first-order valence-electron chi connectivity index (χ1n) is 18.3. The molecule has 0 aliphatic rings. The van der Waals surface area contributed by atoms with Crippen molar-refractivity contribution in [3.05, 3.63) is 200 Å². The third-order valence-electron chi connectivity index (χ3n) is 10.3. The summed E-state index contributed by atoms with van der Waals surface area (Å²) < 4.78 is 0. The van der Waals surface area contributed by atoms with Crippen molar-refractivity contribution in [2.24, 2.45) is 0 Å². The van der Waals surface area contributed by atoms with Crippen molar-refractivity contribution >= 4 is 32.3 Å². The molecule has 0 N–H and O–H groups in total. The maximum Gasteiger partial charge on any atom is 0.164 e. The van der Waals surface area contributed by atoms with Gasteiger partial charge in [0.15, 0.2) is 17.5 Å². The molecule has 3 heteroatoms. The Bertz CT molecular complexity index is 2960. The Balaban J connectivity index is 1.18. The van der Waals surface area contributed by atoms with Crippen LogP contribution >= 0.6 is 0 Å². The number of fused-ring (bicyclic) bond motifs is 4. The maximum absolute atomic E-state index is 5.15. The number of rotatable bonds is 6. The van der Waals surface area contributed by atoms with Gasteiger partial charge in [-0.3, -0.25) is 0 Å². The maximum atomic E-state index is 5.15. The molecule has 9 aromatic carbocycles. The van der Waals surface area contributed by atoms with E-state index in [4.69, 9.17) is 15.0 Å². The van der Waals surface area contributed by atoms with Crippen LogP contribution in [0, 0.1) is 0 Å². The van der Waals surface area contributed by atoms with Crippen molar-refractivity contribution in [1.29, 1.82) is 0 Å². The molecule has 0 saturated heterocycles. The minimum Gasteiger partial charge on any atom is -0.208 e. The Morgan fingerprint density at radius 1 is 0.241 bits per heavy atom. The summed E-state index contributed by atoms with van der Waals surface area (Å²) in [6, 6.07) is 70.5. The van der Waals surface area contributed by atoms with Crippen LogP contribution in [-0.4, -0.2) is 15.0 Å². The van der Waals surface area contributed by atoms with E-state index in [1.165, 1.54) is 49.0 Å². The number of hydrogen-bond acceptors (Lipinski definition) is 3. The normalized spacial score (nSPS) is 11.3. The highest BCUT2D eigenvalue weighted by Crippen LogP contribution is 2.46. The molecule has 10 aromatic rings. The summed E-state index contributed by atoms with van der Waals surface area (Å²) in [4.78, 5) is 15.3. The third kappa shape index (κ3) is 5.51. The summed E-state index contributed by atoms with van der Waals surface area (Å²) in [6.45, 7) is 0. The van der Waals surface area contributed by atoms with Gasteiger partial charge in [-0.15, -0.1) is 0 Å². The van der Waals surface area contributed by atoms with E-state index >= 15 is 0 Å². The van der Waals surface area contributed by atoms with Gasteiger partial charge in [-0.2, -0.15) is 0 Å². The molecule has 10 rings (SSSR count). The summed E-state index contributed by atoms with van der Waals surface area (Å²) in [5.74, 6) is 1.91. The van der Waals surface area contributed by atoms with Gasteiger partial charge in [0.25, 0.3) is 0 Å². The van der Waals surface area contributed by atoms with Crippen LogP contribution in [0.5, 0.6) is 0 Å². The molecule has 0 fully saturated rings. The Labute approximate surface area is 313 Å². The van der Waals surface area contributed by atoms with Crippen molar-refractivity contribution < 1.29 is 0 Å². The van der Waals surface area contributed by atoms with Crippen molar-refractivity contribution in [3.8, 4) is 67.5 Å².